The normalized spacial score (nSPS) is 9.07. The molecule has 0 aliphatic rings. The molecule has 0 aromatic heterocycles. The molecular weight excluding hydrogens is 313 g/mol. The summed E-state index contributed by atoms with van der Waals surface area (Å²) in [5.74, 6) is 0. The summed E-state index contributed by atoms with van der Waals surface area (Å²) in [5, 5.41) is 9.90. The Morgan fingerprint density at radius 3 is 2.47 bits per heavy atom. The minimum atomic E-state index is -1.44. The third-order valence-electron chi connectivity index (χ3n) is 1.92. The molecule has 0 saturated heterocycles. The van der Waals surface area contributed by atoms with Gasteiger partial charge in [0.1, 0.15) is 0 Å². The van der Waals surface area contributed by atoms with Gasteiger partial charge in [-0.1, -0.05) is 30.3 Å². The van der Waals surface area contributed by atoms with Crippen molar-refractivity contribution in [2.24, 2.45) is 0 Å². The van der Waals surface area contributed by atoms with Gasteiger partial charge >= 0.3 is 68.9 Å². The zero-order valence-electron chi connectivity index (χ0n) is 8.94. The van der Waals surface area contributed by atoms with Gasteiger partial charge in [0.05, 0.1) is 0 Å². The number of carbonyl (C=O) groups excluding carboxylic acids is 1. The van der Waals surface area contributed by atoms with Crippen LogP contribution in [0.5, 0.6) is 0 Å². The summed E-state index contributed by atoms with van der Waals surface area (Å²) in [6.45, 7) is 0.231. The van der Waals surface area contributed by atoms with E-state index in [1.807, 2.05) is 18.2 Å². The maximum absolute atomic E-state index is 9.90. The van der Waals surface area contributed by atoms with Crippen LogP contribution in [-0.4, -0.2) is 12.8 Å². The average molecular weight is 326 g/mol. The summed E-state index contributed by atoms with van der Waals surface area (Å²) >= 11 is 0. The molecule has 1 aromatic carbocycles. The Hall–Kier alpha value is 0.542. The Morgan fingerprint density at radius 1 is 1.20 bits per heavy atom. The number of carbonyl (C=O) groups is 1. The third kappa shape index (κ3) is 8.36. The molecule has 0 N–H and O–H groups in total. The second-order valence-corrected chi connectivity index (χ2v) is 3.04. The molecule has 0 fully saturated rings. The molecule has 0 bridgehead atoms. The molecule has 15 heavy (non-hydrogen) atoms. The zero-order valence-corrected chi connectivity index (χ0v) is 15.2. The first-order valence-electron chi connectivity index (χ1n) is 4.67. The van der Waals surface area contributed by atoms with Gasteiger partial charge < -0.3 is 14.6 Å². The molecule has 76 valence electrons. The van der Waals surface area contributed by atoms with E-state index in [2.05, 4.69) is 16.9 Å². The van der Waals surface area contributed by atoms with E-state index in [0.717, 1.165) is 19.3 Å². The van der Waals surface area contributed by atoms with Crippen LogP contribution in [0.15, 0.2) is 30.3 Å². The summed E-state index contributed by atoms with van der Waals surface area (Å²) in [6.07, 6.45) is 1.18. The van der Waals surface area contributed by atoms with E-state index in [4.69, 9.17) is 0 Å². The Kier molecular flexibility index (Phi) is 10.1. The van der Waals surface area contributed by atoms with Gasteiger partial charge in [0.25, 0.3) is 6.16 Å². The van der Waals surface area contributed by atoms with Gasteiger partial charge in [-0.3, -0.25) is 0 Å². The minimum absolute atomic E-state index is 0. The molecule has 0 amide bonds. The predicted octanol–water partition coefficient (Wildman–Crippen LogP) is -1.63. The summed E-state index contributed by atoms with van der Waals surface area (Å²) in [6, 6.07) is 10.1. The minimum Gasteiger partial charge on any atom is -0.550 e. The number of ether oxygens (including phenoxy) is 1. The number of carboxylic acid groups (broad SMARTS) is 1. The number of benzene rings is 1. The summed E-state index contributed by atoms with van der Waals surface area (Å²) in [4.78, 5) is 9.90. The Labute approximate surface area is 149 Å². The van der Waals surface area contributed by atoms with Gasteiger partial charge in [0, 0.05) is 6.61 Å². The fourth-order valence-corrected chi connectivity index (χ4v) is 1.23. The van der Waals surface area contributed by atoms with Gasteiger partial charge in [-0.2, -0.15) is 0 Å². The molecule has 0 atom stereocenters. The zero-order chi connectivity index (χ0) is 10.2. The first-order chi connectivity index (χ1) is 6.79. The molecule has 0 unspecified atom stereocenters. The molecule has 1 aromatic rings. The first kappa shape index (κ1) is 15.5. The Bertz CT molecular complexity index is 274. The van der Waals surface area contributed by atoms with Crippen LogP contribution in [0.3, 0.4) is 0 Å². The Balaban J connectivity index is 0.00000196. The fraction of sp³-hybridized carbons (Fsp3) is 0.364. The standard InChI is InChI=1S/C11H14O3.Cs/c12-11(13)14-9-5-4-8-10-6-2-1-3-7-10;/h1-3,6-7H,4-5,8-9H2,(H,12,13);/q;+1/p-1. The van der Waals surface area contributed by atoms with Crippen LogP contribution >= 0.6 is 0 Å². The molecule has 0 heterocycles. The second kappa shape index (κ2) is 9.75. The van der Waals surface area contributed by atoms with Crippen molar-refractivity contribution in [2.45, 2.75) is 19.3 Å². The number of rotatable bonds is 5. The monoisotopic (exact) mass is 326 g/mol. The first-order valence-corrected chi connectivity index (χ1v) is 4.67. The molecule has 0 aliphatic heterocycles. The van der Waals surface area contributed by atoms with Crippen molar-refractivity contribution in [3.05, 3.63) is 35.9 Å². The Morgan fingerprint density at radius 2 is 1.87 bits per heavy atom. The van der Waals surface area contributed by atoms with Crippen LogP contribution in [0, 0.1) is 0 Å². The molecule has 0 spiro atoms. The fourth-order valence-electron chi connectivity index (χ4n) is 1.23. The van der Waals surface area contributed by atoms with Gasteiger partial charge in [-0.25, -0.2) is 0 Å². The number of aryl methyl sites for hydroxylation is 1. The number of unbranched alkanes of at least 4 members (excludes halogenated alkanes) is 1. The van der Waals surface area contributed by atoms with E-state index in [0.29, 0.717) is 0 Å². The quantitative estimate of drug-likeness (QED) is 0.482. The van der Waals surface area contributed by atoms with Crippen LogP contribution in [0.1, 0.15) is 18.4 Å². The third-order valence-corrected chi connectivity index (χ3v) is 1.92. The number of hydrogen-bond donors (Lipinski definition) is 0. The molecular formula is C11H13CsO3. The van der Waals surface area contributed by atoms with E-state index < -0.39 is 6.16 Å². The van der Waals surface area contributed by atoms with Gasteiger partial charge in [0.15, 0.2) is 0 Å². The van der Waals surface area contributed by atoms with Crippen molar-refractivity contribution in [3.8, 4) is 0 Å². The maximum Gasteiger partial charge on any atom is 1.00 e. The van der Waals surface area contributed by atoms with Crippen LogP contribution in [0.25, 0.3) is 0 Å². The van der Waals surface area contributed by atoms with Gasteiger partial charge in [-0.15, -0.1) is 0 Å². The second-order valence-electron chi connectivity index (χ2n) is 3.04. The topological polar surface area (TPSA) is 49.4 Å². The smallest absolute Gasteiger partial charge is 0.550 e. The van der Waals surface area contributed by atoms with Gasteiger partial charge in [-0.05, 0) is 24.8 Å². The van der Waals surface area contributed by atoms with Gasteiger partial charge in [0.2, 0.25) is 0 Å². The molecule has 1 rings (SSSR count). The predicted molar refractivity (Wildman–Crippen MR) is 50.7 cm³/mol. The van der Waals surface area contributed by atoms with E-state index in [-0.39, 0.29) is 75.5 Å². The summed E-state index contributed by atoms with van der Waals surface area (Å²) in [7, 11) is 0. The van der Waals surface area contributed by atoms with E-state index in [9.17, 15) is 9.90 Å². The average Bonchev–Trinajstić information content (AvgIpc) is 2.18. The van der Waals surface area contributed by atoms with E-state index in [1.54, 1.807) is 0 Å². The van der Waals surface area contributed by atoms with Crippen LogP contribution in [-0.2, 0) is 11.2 Å². The van der Waals surface area contributed by atoms with Crippen molar-refractivity contribution in [1.29, 1.82) is 0 Å². The van der Waals surface area contributed by atoms with Crippen molar-refractivity contribution < 1.29 is 83.5 Å². The summed E-state index contributed by atoms with van der Waals surface area (Å²) in [5.41, 5.74) is 1.26. The SMILES string of the molecule is O=C([O-])OCCCCc1ccccc1.[Cs+]. The van der Waals surface area contributed by atoms with Crippen molar-refractivity contribution >= 4 is 6.16 Å². The van der Waals surface area contributed by atoms with Crippen molar-refractivity contribution in [2.75, 3.05) is 6.61 Å². The van der Waals surface area contributed by atoms with E-state index in [1.165, 1.54) is 5.56 Å². The molecule has 0 aliphatic carbocycles. The largest absolute Gasteiger partial charge is 1.00 e. The molecule has 3 nitrogen and oxygen atoms in total. The molecule has 0 radical (unpaired) electrons. The van der Waals surface area contributed by atoms with Crippen LogP contribution in [0.4, 0.5) is 4.79 Å². The van der Waals surface area contributed by atoms with E-state index >= 15 is 0 Å². The van der Waals surface area contributed by atoms with Crippen molar-refractivity contribution in [1.82, 2.24) is 0 Å². The molecule has 4 heteroatoms. The van der Waals surface area contributed by atoms with Crippen LogP contribution in [0.2, 0.25) is 0 Å². The number of hydrogen-bond acceptors (Lipinski definition) is 3. The van der Waals surface area contributed by atoms with Crippen molar-refractivity contribution in [3.63, 3.8) is 0 Å². The maximum atomic E-state index is 9.90. The van der Waals surface area contributed by atoms with Crippen LogP contribution < -0.4 is 74.0 Å². The summed E-state index contributed by atoms with van der Waals surface area (Å²) < 4.78 is 4.29. The molecule has 0 saturated carbocycles.